The molecule has 0 radical (unpaired) electrons. The van der Waals surface area contributed by atoms with Gasteiger partial charge < -0.3 is 9.47 Å². The number of aliphatic imine (C=N–C) groups is 1. The summed E-state index contributed by atoms with van der Waals surface area (Å²) in [7, 11) is 3.14. The molecule has 0 unspecified atom stereocenters. The summed E-state index contributed by atoms with van der Waals surface area (Å²) in [5, 5.41) is 17.9. The summed E-state index contributed by atoms with van der Waals surface area (Å²) >= 11 is 5.93. The third-order valence-corrected chi connectivity index (χ3v) is 3.58. The Morgan fingerprint density at radius 2 is 1.96 bits per heavy atom. The summed E-state index contributed by atoms with van der Waals surface area (Å²) < 4.78 is 10.4. The number of benzene rings is 2. The van der Waals surface area contributed by atoms with Gasteiger partial charge in [-0.1, -0.05) is 17.7 Å². The molecule has 2 rings (SSSR count). The maximum atomic E-state index is 9.30. The lowest BCUT2D eigenvalue weighted by atomic mass is 10.2. The van der Waals surface area contributed by atoms with Crippen LogP contribution >= 0.6 is 11.6 Å². The molecule has 0 aromatic heterocycles. The van der Waals surface area contributed by atoms with Gasteiger partial charge in [0.2, 0.25) is 0 Å². The van der Waals surface area contributed by atoms with Crippen molar-refractivity contribution in [1.29, 1.82) is 0 Å². The van der Waals surface area contributed by atoms with Gasteiger partial charge in [0.05, 0.1) is 26.1 Å². The zero-order valence-corrected chi connectivity index (χ0v) is 15.4. The molecule has 0 spiro atoms. The predicted octanol–water partition coefficient (Wildman–Crippen LogP) is 3.86. The number of hydrogen-bond donors (Lipinski definition) is 2. The Kier molecular flexibility index (Phi) is 7.13. The Bertz CT molecular complexity index is 850. The molecule has 0 aliphatic rings. The molecular weight excluding hydrogens is 356 g/mol. The maximum Gasteiger partial charge on any atom is 0.173 e. The topological polar surface area (TPSA) is 87.8 Å². The van der Waals surface area contributed by atoms with Crippen molar-refractivity contribution in [2.45, 2.75) is 6.92 Å². The highest BCUT2D eigenvalue weighted by atomic mass is 35.5. The van der Waals surface area contributed by atoms with E-state index in [2.05, 4.69) is 15.2 Å². The number of nitrogens with zero attached hydrogens (tertiary/aromatic N) is 3. The van der Waals surface area contributed by atoms with Gasteiger partial charge in [0.1, 0.15) is 17.2 Å². The quantitative estimate of drug-likeness (QED) is 0.456. The number of hydroxylamine groups is 1. The zero-order chi connectivity index (χ0) is 18.9. The summed E-state index contributed by atoms with van der Waals surface area (Å²) in [6.45, 7) is 1.66. The van der Waals surface area contributed by atoms with Gasteiger partial charge in [0.25, 0.3) is 0 Å². The van der Waals surface area contributed by atoms with Gasteiger partial charge in [0.15, 0.2) is 5.84 Å². The van der Waals surface area contributed by atoms with Crippen LogP contribution in [0.4, 0.5) is 5.69 Å². The molecule has 26 heavy (non-hydrogen) atoms. The van der Waals surface area contributed by atoms with Crippen LogP contribution in [0.1, 0.15) is 12.5 Å². The largest absolute Gasteiger partial charge is 0.497 e. The minimum Gasteiger partial charge on any atom is -0.497 e. The highest BCUT2D eigenvalue weighted by Crippen LogP contribution is 2.23. The summed E-state index contributed by atoms with van der Waals surface area (Å²) in [4.78, 5) is 4.25. The number of halogens is 1. The highest BCUT2D eigenvalue weighted by Gasteiger charge is 2.05. The molecule has 2 aromatic rings. The number of methoxy groups -OCH3 is 2. The number of ether oxygens (including phenoxy) is 2. The Morgan fingerprint density at radius 1 is 1.15 bits per heavy atom. The van der Waals surface area contributed by atoms with Gasteiger partial charge in [-0.3, -0.25) is 10.7 Å². The van der Waals surface area contributed by atoms with E-state index in [1.54, 1.807) is 63.6 Å². The van der Waals surface area contributed by atoms with Crippen molar-refractivity contribution in [3.05, 3.63) is 53.1 Å². The monoisotopic (exact) mass is 374 g/mol. The van der Waals surface area contributed by atoms with E-state index in [4.69, 9.17) is 21.1 Å². The zero-order valence-electron chi connectivity index (χ0n) is 14.6. The van der Waals surface area contributed by atoms with Crippen molar-refractivity contribution < 1.29 is 14.7 Å². The van der Waals surface area contributed by atoms with Crippen molar-refractivity contribution in [1.82, 2.24) is 5.48 Å². The van der Waals surface area contributed by atoms with Crippen LogP contribution in [0.15, 0.2) is 57.7 Å². The lowest BCUT2D eigenvalue weighted by Gasteiger charge is -2.06. The lowest BCUT2D eigenvalue weighted by Crippen LogP contribution is -2.26. The Hall–Kier alpha value is -2.90. The average molecular weight is 375 g/mol. The third-order valence-electron chi connectivity index (χ3n) is 3.34. The van der Waals surface area contributed by atoms with Gasteiger partial charge in [-0.05, 0) is 37.3 Å². The van der Waals surface area contributed by atoms with Crippen LogP contribution in [0, 0.1) is 0 Å². The first kappa shape index (κ1) is 19.4. The van der Waals surface area contributed by atoms with Crippen LogP contribution in [0.3, 0.4) is 0 Å². The molecule has 136 valence electrons. The van der Waals surface area contributed by atoms with E-state index in [0.29, 0.717) is 27.9 Å². The summed E-state index contributed by atoms with van der Waals surface area (Å²) in [6, 6.07) is 12.3. The Labute approximate surface area is 156 Å². The van der Waals surface area contributed by atoms with E-state index >= 15 is 0 Å². The SMILES string of the molecule is COc1ccc(C=NN=C(C)C(=Nc2cccc(Cl)c2)NO)c(OC)c1. The molecule has 0 aliphatic heterocycles. The minimum absolute atomic E-state index is 0.158. The molecule has 0 saturated carbocycles. The van der Waals surface area contributed by atoms with Gasteiger partial charge >= 0.3 is 0 Å². The van der Waals surface area contributed by atoms with Gasteiger partial charge in [0, 0.05) is 16.7 Å². The molecule has 0 amide bonds. The van der Waals surface area contributed by atoms with Crippen molar-refractivity contribution in [2.24, 2.45) is 15.2 Å². The first-order chi connectivity index (χ1) is 12.6. The molecule has 0 bridgehead atoms. The molecule has 0 aliphatic carbocycles. The van der Waals surface area contributed by atoms with E-state index in [1.165, 1.54) is 6.21 Å². The minimum atomic E-state index is 0.158. The fraction of sp³-hybridized carbons (Fsp3) is 0.167. The van der Waals surface area contributed by atoms with E-state index in [-0.39, 0.29) is 5.84 Å². The van der Waals surface area contributed by atoms with Crippen molar-refractivity contribution in [2.75, 3.05) is 14.2 Å². The summed E-state index contributed by atoms with van der Waals surface area (Å²) in [5.41, 5.74) is 3.71. The van der Waals surface area contributed by atoms with E-state index in [0.717, 1.165) is 5.56 Å². The van der Waals surface area contributed by atoms with Crippen molar-refractivity contribution in [3.8, 4) is 11.5 Å². The van der Waals surface area contributed by atoms with Crippen LogP contribution in [-0.2, 0) is 0 Å². The third kappa shape index (κ3) is 5.30. The number of amidine groups is 1. The molecule has 0 fully saturated rings. The predicted molar refractivity (Wildman–Crippen MR) is 104 cm³/mol. The average Bonchev–Trinajstić information content (AvgIpc) is 2.66. The number of rotatable bonds is 6. The van der Waals surface area contributed by atoms with Crippen LogP contribution < -0.4 is 15.0 Å². The van der Waals surface area contributed by atoms with Crippen molar-refractivity contribution >= 4 is 35.1 Å². The second kappa shape index (κ2) is 9.55. The summed E-state index contributed by atoms with van der Waals surface area (Å²) in [6.07, 6.45) is 1.54. The van der Waals surface area contributed by atoms with Gasteiger partial charge in [-0.15, -0.1) is 0 Å². The van der Waals surface area contributed by atoms with Crippen LogP contribution in [-0.4, -0.2) is 37.2 Å². The molecule has 0 atom stereocenters. The fourth-order valence-corrected chi connectivity index (χ4v) is 2.20. The second-order valence-corrected chi connectivity index (χ2v) is 5.53. The fourth-order valence-electron chi connectivity index (χ4n) is 2.01. The highest BCUT2D eigenvalue weighted by molar-refractivity contribution is 6.40. The summed E-state index contributed by atoms with van der Waals surface area (Å²) in [5.74, 6) is 1.44. The first-order valence-corrected chi connectivity index (χ1v) is 7.99. The Balaban J connectivity index is 2.21. The molecule has 2 aromatic carbocycles. The first-order valence-electron chi connectivity index (χ1n) is 7.61. The van der Waals surface area contributed by atoms with Crippen LogP contribution in [0.25, 0.3) is 0 Å². The lowest BCUT2D eigenvalue weighted by molar-refractivity contribution is 0.236. The van der Waals surface area contributed by atoms with E-state index in [1.807, 2.05) is 5.48 Å². The molecule has 8 heteroatoms. The normalized spacial score (nSPS) is 12.3. The van der Waals surface area contributed by atoms with Crippen molar-refractivity contribution in [3.63, 3.8) is 0 Å². The Morgan fingerprint density at radius 3 is 2.62 bits per heavy atom. The molecule has 0 saturated heterocycles. The molecule has 2 N–H and O–H groups in total. The maximum absolute atomic E-state index is 9.30. The second-order valence-electron chi connectivity index (χ2n) is 5.09. The van der Waals surface area contributed by atoms with E-state index < -0.39 is 0 Å². The van der Waals surface area contributed by atoms with Crippen LogP contribution in [0.5, 0.6) is 11.5 Å². The smallest absolute Gasteiger partial charge is 0.173 e. The molecule has 7 nitrogen and oxygen atoms in total. The van der Waals surface area contributed by atoms with E-state index in [9.17, 15) is 5.21 Å². The number of hydrogen-bond acceptors (Lipinski definition) is 6. The molecular formula is C18H19ClN4O3. The standard InChI is InChI=1S/C18H19ClN4O3/c1-12(18(23-24)21-15-6-4-5-14(19)9-15)22-20-11-13-7-8-16(25-2)10-17(13)26-3/h4-11,24H,1-3H3,(H,21,23). The van der Waals surface area contributed by atoms with Gasteiger partial charge in [-0.25, -0.2) is 4.99 Å². The van der Waals surface area contributed by atoms with Gasteiger partial charge in [-0.2, -0.15) is 10.2 Å². The molecule has 0 heterocycles. The number of nitrogens with one attached hydrogen (secondary N) is 1. The van der Waals surface area contributed by atoms with Crippen LogP contribution in [0.2, 0.25) is 5.02 Å².